The highest BCUT2D eigenvalue weighted by molar-refractivity contribution is 5.82. The van der Waals surface area contributed by atoms with Crippen LogP contribution in [0.2, 0.25) is 0 Å². The number of halogens is 1. The summed E-state index contributed by atoms with van der Waals surface area (Å²) in [5.74, 6) is -1.84. The molecule has 22 nitrogen and oxygen atoms in total. The van der Waals surface area contributed by atoms with Crippen molar-refractivity contribution >= 4 is 17.9 Å². The highest BCUT2D eigenvalue weighted by Gasteiger charge is 2.52. The van der Waals surface area contributed by atoms with Crippen LogP contribution in [0, 0.1) is 17.8 Å². The van der Waals surface area contributed by atoms with E-state index < -0.39 is 110 Å². The van der Waals surface area contributed by atoms with Gasteiger partial charge in [0.05, 0.1) is 60.5 Å². The lowest BCUT2D eigenvalue weighted by Gasteiger charge is -2.44. The summed E-state index contributed by atoms with van der Waals surface area (Å²) in [4.78, 5) is 35.9. The molecular formula is C56H90BrN3O19. The minimum absolute atomic E-state index is 0. The summed E-state index contributed by atoms with van der Waals surface area (Å²) in [5, 5.41) is 109. The molecule has 15 atom stereocenters. The zero-order valence-electron chi connectivity index (χ0n) is 46.5. The van der Waals surface area contributed by atoms with Gasteiger partial charge in [0, 0.05) is 30.7 Å². The van der Waals surface area contributed by atoms with Gasteiger partial charge < -0.3 is 116 Å². The molecule has 12 N–H and O–H groups in total. The van der Waals surface area contributed by atoms with Gasteiger partial charge in [-0.15, -0.1) is 0 Å². The number of ether oxygens (including phenoxy) is 5. The number of carboxylic acid groups (broad SMARTS) is 1. The van der Waals surface area contributed by atoms with E-state index in [0.717, 1.165) is 99.4 Å². The number of benzene rings is 2. The molecule has 23 heteroatoms. The Kier molecular flexibility index (Phi) is 26.2. The van der Waals surface area contributed by atoms with Crippen LogP contribution in [0.4, 0.5) is 0 Å². The first-order valence-corrected chi connectivity index (χ1v) is 27.5. The number of esters is 2. The van der Waals surface area contributed by atoms with Crippen molar-refractivity contribution in [3.63, 3.8) is 0 Å². The highest BCUT2D eigenvalue weighted by Crippen LogP contribution is 2.43. The van der Waals surface area contributed by atoms with Gasteiger partial charge in [-0.1, -0.05) is 100 Å². The van der Waals surface area contributed by atoms with Crippen molar-refractivity contribution in [2.75, 3.05) is 67.6 Å². The summed E-state index contributed by atoms with van der Waals surface area (Å²) in [7, 11) is 8.59. The van der Waals surface area contributed by atoms with Crippen molar-refractivity contribution in [2.45, 2.75) is 175 Å². The highest BCUT2D eigenvalue weighted by atomic mass is 79.9. The Bertz CT molecular complexity index is 2020. The summed E-state index contributed by atoms with van der Waals surface area (Å²) in [5.41, 5.74) is 3.49. The van der Waals surface area contributed by atoms with Crippen molar-refractivity contribution < 1.29 is 120 Å². The standard InChI is InChI=1S/2C19H28NO3.C12H22O11.C6H13NO2.BrH/c2*1-20(2)13-12-17(14-20)23-18(21)19(22,16-10-6-7-11-16)15-8-4-3-5-9-15;13-1-3-5(15)7(17)9(19)11(21-3)23-12-10(20)8(18)6(16)4(2-14)22-12;1-4(2)3-5(7)6(8)9;/h2*3-5,8-9,16-17,22H,6-7,10-14H2,1-2H3;3-20H,1-2H2;4-5H,3,7H2,1-2H3,(H,8,9);1H/q2*+1;;;/p-2/t;;3-,4-,5-,6-,7+,8+,9-,10-,11-,12-;5-;/m..10./s1. The fourth-order valence-corrected chi connectivity index (χ4v) is 11.3. The van der Waals surface area contributed by atoms with Gasteiger partial charge in [-0.05, 0) is 49.1 Å². The molecule has 4 saturated heterocycles. The second-order valence-corrected chi connectivity index (χ2v) is 23.6. The molecule has 2 saturated carbocycles. The first kappa shape index (κ1) is 68.2. The number of aliphatic carboxylic acids is 1. The minimum atomic E-state index is -1.72. The number of carbonyl (C=O) groups is 3. The molecule has 2 aromatic carbocycles. The van der Waals surface area contributed by atoms with E-state index in [2.05, 4.69) is 28.2 Å². The van der Waals surface area contributed by atoms with Crippen LogP contribution in [-0.4, -0.2) is 225 Å². The number of hydrogen-bond acceptors (Lipinski definition) is 20. The molecule has 6 fully saturated rings. The van der Waals surface area contributed by atoms with E-state index >= 15 is 0 Å². The average Bonchev–Trinajstić information content (AvgIpc) is 4.29. The fraction of sp³-hybridized carbons (Fsp3) is 0.732. The van der Waals surface area contributed by atoms with Gasteiger partial charge in [-0.25, -0.2) is 9.59 Å². The Morgan fingerprint density at radius 1 is 0.608 bits per heavy atom. The predicted octanol–water partition coefficient (Wildman–Crippen LogP) is -4.37. The maximum absolute atomic E-state index is 12.9. The summed E-state index contributed by atoms with van der Waals surface area (Å²) in [6, 6.07) is 17.9. The molecule has 4 unspecified atom stereocenters. The van der Waals surface area contributed by atoms with Gasteiger partial charge >= 0.3 is 11.9 Å². The quantitative estimate of drug-likeness (QED) is 0.0593. The maximum Gasteiger partial charge on any atom is 0.343 e. The average molecular weight is 1190 g/mol. The molecule has 0 spiro atoms. The molecule has 450 valence electrons. The van der Waals surface area contributed by atoms with Gasteiger partial charge in [-0.3, -0.25) is 0 Å². The summed E-state index contributed by atoms with van der Waals surface area (Å²) in [6.45, 7) is 6.16. The third kappa shape index (κ3) is 17.9. The third-order valence-corrected chi connectivity index (χ3v) is 16.0. The van der Waals surface area contributed by atoms with Crippen LogP contribution < -0.4 is 27.8 Å². The van der Waals surface area contributed by atoms with Crippen molar-refractivity contribution in [1.29, 1.82) is 0 Å². The Morgan fingerprint density at radius 2 is 0.949 bits per heavy atom. The van der Waals surface area contributed by atoms with E-state index in [1.54, 1.807) is 0 Å². The van der Waals surface area contributed by atoms with Crippen molar-refractivity contribution in [2.24, 2.45) is 23.5 Å². The second-order valence-electron chi connectivity index (χ2n) is 23.6. The first-order valence-electron chi connectivity index (χ1n) is 27.5. The van der Waals surface area contributed by atoms with Crippen molar-refractivity contribution in [3.05, 3.63) is 71.8 Å². The van der Waals surface area contributed by atoms with Crippen LogP contribution in [0.25, 0.3) is 0 Å². The fourth-order valence-electron chi connectivity index (χ4n) is 11.3. The summed E-state index contributed by atoms with van der Waals surface area (Å²) < 4.78 is 28.6. The number of hydrogen-bond donors (Lipinski definition) is 11. The SMILES string of the molecule is CC(C)C[C@H](N)C(=O)[O-].C[N+]1(C)CCC(OC(=O)C(O)(c2ccccc2)C2CCCC2)C1.C[N+]1(C)CCC(OC(=O)C(O)(c2ccccc2)C2CCCC2)C1.OC[C@H]1O[C@H](O[C@H]2O[C@H](CO)[C@@H](O)[C@H](O)[C@H]2O)[C@H](O)[C@@H](O)[C@@H]1O.[Br-]. The van der Waals surface area contributed by atoms with E-state index in [-0.39, 0.29) is 41.0 Å². The molecule has 0 amide bonds. The normalized spacial score (nSPS) is 32.2. The van der Waals surface area contributed by atoms with Crippen LogP contribution in [0.1, 0.15) is 95.6 Å². The molecule has 2 aromatic rings. The molecule has 79 heavy (non-hydrogen) atoms. The van der Waals surface area contributed by atoms with Gasteiger partial charge in [-0.2, -0.15) is 0 Å². The van der Waals surface area contributed by atoms with Crippen molar-refractivity contribution in [1.82, 2.24) is 0 Å². The summed E-state index contributed by atoms with van der Waals surface area (Å²) >= 11 is 0. The lowest BCUT2D eigenvalue weighted by molar-refractivity contribution is -0.879. The molecule has 4 aliphatic heterocycles. The Balaban J connectivity index is 0.000000235. The van der Waals surface area contributed by atoms with Crippen LogP contribution in [0.15, 0.2) is 60.7 Å². The molecule has 0 radical (unpaired) electrons. The van der Waals surface area contributed by atoms with Crippen LogP contribution in [0.5, 0.6) is 0 Å². The zero-order chi connectivity index (χ0) is 57.8. The minimum Gasteiger partial charge on any atom is -1.00 e. The lowest BCUT2D eigenvalue weighted by atomic mass is 9.80. The number of likely N-dealkylation sites (N-methyl/N-ethyl adjacent to an activating group) is 2. The Labute approximate surface area is 474 Å². The molecule has 8 rings (SSSR count). The lowest BCUT2D eigenvalue weighted by Crippen LogP contribution is -3.00. The molecule has 2 aliphatic carbocycles. The smallest absolute Gasteiger partial charge is 0.343 e. The number of likely N-dealkylation sites (tertiary alicyclic amines) is 2. The molecule has 0 aromatic heterocycles. The predicted molar refractivity (Wildman–Crippen MR) is 278 cm³/mol. The second kappa shape index (κ2) is 30.3. The Morgan fingerprint density at radius 3 is 1.22 bits per heavy atom. The molecule has 6 aliphatic rings. The van der Waals surface area contributed by atoms with Crippen LogP contribution >= 0.6 is 0 Å². The van der Waals surface area contributed by atoms with E-state index in [9.17, 15) is 60.3 Å². The number of nitrogens with two attached hydrogens (primary N) is 1. The monoisotopic (exact) mass is 1190 g/mol. The number of aliphatic hydroxyl groups is 10. The van der Waals surface area contributed by atoms with E-state index in [4.69, 9.17) is 39.6 Å². The van der Waals surface area contributed by atoms with E-state index in [1.165, 1.54) is 0 Å². The van der Waals surface area contributed by atoms with Gasteiger partial charge in [0.1, 0.15) is 61.9 Å². The number of rotatable bonds is 15. The van der Waals surface area contributed by atoms with Gasteiger partial charge in [0.15, 0.2) is 36.0 Å². The third-order valence-electron chi connectivity index (χ3n) is 16.0. The topological polar surface area (TPSA) is 349 Å². The van der Waals surface area contributed by atoms with Gasteiger partial charge in [0.25, 0.3) is 0 Å². The molecular weight excluding hydrogens is 1100 g/mol. The number of quaternary nitrogens is 2. The molecule has 4 heterocycles. The van der Waals surface area contributed by atoms with Gasteiger partial charge in [0.2, 0.25) is 0 Å². The van der Waals surface area contributed by atoms with Crippen LogP contribution in [-0.2, 0) is 49.3 Å². The van der Waals surface area contributed by atoms with E-state index in [1.807, 2.05) is 74.5 Å². The van der Waals surface area contributed by atoms with Crippen molar-refractivity contribution in [3.8, 4) is 0 Å². The largest absolute Gasteiger partial charge is 1.00 e. The van der Waals surface area contributed by atoms with E-state index in [0.29, 0.717) is 23.5 Å². The number of carboxylic acids is 1. The Hall–Kier alpha value is -3.31. The number of nitrogens with zero attached hydrogens (tertiary/aromatic N) is 2. The zero-order valence-corrected chi connectivity index (χ0v) is 48.1. The van der Waals surface area contributed by atoms with Crippen LogP contribution in [0.3, 0.4) is 0 Å². The summed E-state index contributed by atoms with van der Waals surface area (Å²) in [6.07, 6.45) is -5.74. The first-order chi connectivity index (χ1) is 36.7. The maximum atomic E-state index is 12.9. The number of carbonyl (C=O) groups excluding carboxylic acids is 3. The number of aliphatic hydroxyl groups excluding tert-OH is 8. The molecule has 0 bridgehead atoms.